The number of nitrogens with one attached hydrogen (secondary N) is 3. The largest absolute Gasteiger partial charge is 0.326 e. The lowest BCUT2D eigenvalue weighted by atomic mass is 9.92. The van der Waals surface area contributed by atoms with E-state index in [9.17, 15) is 9.59 Å². The second-order valence-corrected chi connectivity index (χ2v) is 7.13. The van der Waals surface area contributed by atoms with Gasteiger partial charge in [0.05, 0.1) is 0 Å². The van der Waals surface area contributed by atoms with Gasteiger partial charge in [-0.2, -0.15) is 0 Å². The van der Waals surface area contributed by atoms with Crippen molar-refractivity contribution < 1.29 is 9.59 Å². The number of aromatic nitrogens is 1. The van der Waals surface area contributed by atoms with Crippen molar-refractivity contribution in [3.05, 3.63) is 54.4 Å². The van der Waals surface area contributed by atoms with E-state index in [1.807, 2.05) is 12.1 Å². The van der Waals surface area contributed by atoms with Gasteiger partial charge in [-0.15, -0.1) is 0 Å². The Labute approximate surface area is 152 Å². The highest BCUT2D eigenvalue weighted by Gasteiger charge is 2.57. The molecule has 2 aliphatic rings. The number of hydrogen-bond donors (Lipinski definition) is 3. The predicted molar refractivity (Wildman–Crippen MR) is 99.9 cm³/mol. The van der Waals surface area contributed by atoms with Crippen LogP contribution in [0.15, 0.2) is 48.8 Å². The molecule has 1 atom stereocenters. The zero-order valence-electron chi connectivity index (χ0n) is 14.5. The molecule has 1 unspecified atom stereocenters. The summed E-state index contributed by atoms with van der Waals surface area (Å²) in [6.45, 7) is 2.00. The van der Waals surface area contributed by atoms with Crippen LogP contribution < -0.4 is 16.0 Å². The van der Waals surface area contributed by atoms with E-state index in [0.29, 0.717) is 16.9 Å². The Kier molecular flexibility index (Phi) is 4.42. The molecule has 2 heterocycles. The second kappa shape index (κ2) is 6.88. The maximum absolute atomic E-state index is 12.6. The minimum absolute atomic E-state index is 0.0875. The van der Waals surface area contributed by atoms with Crippen molar-refractivity contribution in [1.82, 2.24) is 10.3 Å². The maximum Gasteiger partial charge on any atom is 0.255 e. The minimum Gasteiger partial charge on any atom is -0.326 e. The van der Waals surface area contributed by atoms with Crippen molar-refractivity contribution in [1.29, 1.82) is 0 Å². The average molecular weight is 350 g/mol. The van der Waals surface area contributed by atoms with Gasteiger partial charge < -0.3 is 16.0 Å². The number of rotatable bonds is 4. The van der Waals surface area contributed by atoms with E-state index >= 15 is 0 Å². The van der Waals surface area contributed by atoms with Gasteiger partial charge in [-0.05, 0) is 68.1 Å². The number of hydrogen-bond acceptors (Lipinski definition) is 4. The molecule has 4 rings (SSSR count). The van der Waals surface area contributed by atoms with E-state index in [2.05, 4.69) is 20.9 Å². The summed E-state index contributed by atoms with van der Waals surface area (Å²) in [5.74, 6) is -0.00379. The number of piperidine rings is 1. The molecule has 134 valence electrons. The van der Waals surface area contributed by atoms with Crippen molar-refractivity contribution in [2.75, 3.05) is 23.7 Å². The van der Waals surface area contributed by atoms with E-state index < -0.39 is 0 Å². The first kappa shape index (κ1) is 16.7. The summed E-state index contributed by atoms with van der Waals surface area (Å²) in [4.78, 5) is 28.7. The fourth-order valence-corrected chi connectivity index (χ4v) is 3.81. The smallest absolute Gasteiger partial charge is 0.255 e. The Bertz CT molecular complexity index is 816. The van der Waals surface area contributed by atoms with Gasteiger partial charge in [0.2, 0.25) is 5.91 Å². The van der Waals surface area contributed by atoms with Gasteiger partial charge in [0.25, 0.3) is 5.91 Å². The first-order valence-corrected chi connectivity index (χ1v) is 8.99. The molecule has 26 heavy (non-hydrogen) atoms. The highest BCUT2D eigenvalue weighted by Crippen LogP contribution is 2.58. The number of benzene rings is 1. The minimum atomic E-state index is -0.202. The summed E-state index contributed by atoms with van der Waals surface area (Å²) in [7, 11) is 0. The zero-order valence-corrected chi connectivity index (χ0v) is 14.5. The Morgan fingerprint density at radius 3 is 2.46 bits per heavy atom. The summed E-state index contributed by atoms with van der Waals surface area (Å²) in [6, 6.07) is 10.6. The van der Waals surface area contributed by atoms with Crippen molar-refractivity contribution in [2.24, 2.45) is 11.3 Å². The van der Waals surface area contributed by atoms with Crippen molar-refractivity contribution >= 4 is 23.2 Å². The van der Waals surface area contributed by atoms with E-state index in [-0.39, 0.29) is 23.1 Å². The zero-order chi connectivity index (χ0) is 18.0. The summed E-state index contributed by atoms with van der Waals surface area (Å²) in [6.07, 6.45) is 6.30. The molecule has 1 saturated carbocycles. The molecule has 2 fully saturated rings. The van der Waals surface area contributed by atoms with E-state index in [1.54, 1.807) is 36.7 Å². The average Bonchev–Trinajstić information content (AvgIpc) is 3.36. The van der Waals surface area contributed by atoms with E-state index in [4.69, 9.17) is 0 Å². The molecule has 3 N–H and O–H groups in total. The molecule has 1 aromatic carbocycles. The third kappa shape index (κ3) is 3.46. The molecular formula is C20H22N4O2. The van der Waals surface area contributed by atoms with Gasteiger partial charge in [-0.25, -0.2) is 0 Å². The summed E-state index contributed by atoms with van der Waals surface area (Å²) in [5.41, 5.74) is 2.11. The third-order valence-corrected chi connectivity index (χ3v) is 5.44. The molecule has 0 bridgehead atoms. The van der Waals surface area contributed by atoms with E-state index in [0.717, 1.165) is 32.4 Å². The van der Waals surface area contributed by atoms with Gasteiger partial charge in [0.1, 0.15) is 0 Å². The monoisotopic (exact) mass is 350 g/mol. The Morgan fingerprint density at radius 2 is 1.73 bits per heavy atom. The SMILES string of the molecule is O=C(Nc1cccc(NC(=O)C2CC23CCNCC3)c1)c1ccncc1. The Hall–Kier alpha value is -2.73. The summed E-state index contributed by atoms with van der Waals surface area (Å²) in [5, 5.41) is 9.21. The number of anilines is 2. The molecule has 1 spiro atoms. The van der Waals surface area contributed by atoms with Gasteiger partial charge in [-0.1, -0.05) is 6.07 Å². The van der Waals surface area contributed by atoms with Crippen LogP contribution in [-0.4, -0.2) is 29.9 Å². The standard InChI is InChI=1S/C20H22N4O2/c25-18(14-4-8-21-9-5-14)23-15-2-1-3-16(12-15)24-19(26)17-13-20(17)6-10-22-11-7-20/h1-5,8-9,12,17,22H,6-7,10-11,13H2,(H,23,25)(H,24,26). The number of carbonyl (C=O) groups excluding carboxylic acids is 2. The van der Waals surface area contributed by atoms with Gasteiger partial charge in [-0.3, -0.25) is 14.6 Å². The molecule has 1 saturated heterocycles. The van der Waals surface area contributed by atoms with Crippen molar-refractivity contribution in [2.45, 2.75) is 19.3 Å². The fourth-order valence-electron chi connectivity index (χ4n) is 3.81. The first-order valence-electron chi connectivity index (χ1n) is 8.99. The van der Waals surface area contributed by atoms with Crippen molar-refractivity contribution in [3.63, 3.8) is 0 Å². The molecule has 2 aromatic rings. The molecule has 1 aliphatic carbocycles. The molecule has 1 aromatic heterocycles. The van der Waals surface area contributed by atoms with Crippen LogP contribution >= 0.6 is 0 Å². The van der Waals surface area contributed by atoms with Crippen LogP contribution in [0.5, 0.6) is 0 Å². The lowest BCUT2D eigenvalue weighted by molar-refractivity contribution is -0.118. The molecule has 2 amide bonds. The van der Waals surface area contributed by atoms with Gasteiger partial charge in [0, 0.05) is 35.2 Å². The number of amides is 2. The van der Waals surface area contributed by atoms with Crippen LogP contribution in [0.1, 0.15) is 29.6 Å². The lowest BCUT2D eigenvalue weighted by Gasteiger charge is -2.23. The predicted octanol–water partition coefficient (Wildman–Crippen LogP) is 2.66. The molecular weight excluding hydrogens is 328 g/mol. The van der Waals surface area contributed by atoms with Crippen LogP contribution in [0.3, 0.4) is 0 Å². The molecule has 6 heteroatoms. The normalized spacial score (nSPS) is 20.4. The highest BCUT2D eigenvalue weighted by atomic mass is 16.2. The molecule has 6 nitrogen and oxygen atoms in total. The molecule has 1 aliphatic heterocycles. The maximum atomic E-state index is 12.6. The second-order valence-electron chi connectivity index (χ2n) is 7.13. The Balaban J connectivity index is 1.39. The van der Waals surface area contributed by atoms with E-state index in [1.165, 1.54) is 0 Å². The third-order valence-electron chi connectivity index (χ3n) is 5.44. The summed E-state index contributed by atoms with van der Waals surface area (Å²) < 4.78 is 0. The van der Waals surface area contributed by atoms with Crippen LogP contribution in [-0.2, 0) is 4.79 Å². The highest BCUT2D eigenvalue weighted by molar-refractivity contribution is 6.04. The van der Waals surface area contributed by atoms with Crippen LogP contribution in [0, 0.1) is 11.3 Å². The first-order chi connectivity index (χ1) is 12.7. The number of nitrogens with zero attached hydrogens (tertiary/aromatic N) is 1. The molecule has 0 radical (unpaired) electrons. The van der Waals surface area contributed by atoms with Crippen LogP contribution in [0.25, 0.3) is 0 Å². The van der Waals surface area contributed by atoms with Gasteiger partial charge >= 0.3 is 0 Å². The summed E-state index contributed by atoms with van der Waals surface area (Å²) >= 11 is 0. The van der Waals surface area contributed by atoms with Crippen molar-refractivity contribution in [3.8, 4) is 0 Å². The van der Waals surface area contributed by atoms with Crippen LogP contribution in [0.4, 0.5) is 11.4 Å². The fraction of sp³-hybridized carbons (Fsp3) is 0.350. The topological polar surface area (TPSA) is 83.1 Å². The number of carbonyl (C=O) groups is 2. The Morgan fingerprint density at radius 1 is 1.04 bits per heavy atom. The lowest BCUT2D eigenvalue weighted by Crippen LogP contribution is -2.31. The quantitative estimate of drug-likeness (QED) is 0.792. The van der Waals surface area contributed by atoms with Gasteiger partial charge in [0.15, 0.2) is 0 Å². The number of pyridine rings is 1. The van der Waals surface area contributed by atoms with Crippen LogP contribution in [0.2, 0.25) is 0 Å².